The zero-order valence-electron chi connectivity index (χ0n) is 20.2. The molecule has 36 heavy (non-hydrogen) atoms. The number of rotatable bonds is 8. The van der Waals surface area contributed by atoms with E-state index in [1.807, 2.05) is 51.1 Å². The van der Waals surface area contributed by atoms with Crippen LogP contribution in [-0.2, 0) is 17.9 Å². The van der Waals surface area contributed by atoms with Gasteiger partial charge in [-0.05, 0) is 68.8 Å². The van der Waals surface area contributed by atoms with Gasteiger partial charge in [-0.15, -0.1) is 0 Å². The fourth-order valence-electron chi connectivity index (χ4n) is 3.75. The van der Waals surface area contributed by atoms with E-state index < -0.39 is 6.03 Å². The maximum atomic E-state index is 13.5. The minimum atomic E-state index is -0.423. The first-order valence-electron chi connectivity index (χ1n) is 11.4. The van der Waals surface area contributed by atoms with Crippen LogP contribution in [-0.4, -0.2) is 41.1 Å². The molecule has 3 aromatic rings. The predicted octanol–water partition coefficient (Wildman–Crippen LogP) is 6.09. The van der Waals surface area contributed by atoms with E-state index in [2.05, 4.69) is 5.32 Å². The molecule has 1 N–H and O–H groups in total. The van der Waals surface area contributed by atoms with Gasteiger partial charge in [0.05, 0.1) is 16.6 Å². The maximum absolute atomic E-state index is 13.5. The lowest BCUT2D eigenvalue weighted by Crippen LogP contribution is -2.47. The van der Waals surface area contributed by atoms with Crippen molar-refractivity contribution in [1.82, 2.24) is 9.80 Å². The van der Waals surface area contributed by atoms with Crippen LogP contribution < -0.4 is 14.8 Å². The summed E-state index contributed by atoms with van der Waals surface area (Å²) in [6.07, 6.45) is 0. The number of aryl methyl sites for hydroxylation is 1. The quantitative estimate of drug-likeness (QED) is 0.379. The highest BCUT2D eigenvalue weighted by Crippen LogP contribution is 2.33. The molecule has 0 bridgehead atoms. The lowest BCUT2D eigenvalue weighted by Gasteiger charge is -2.30. The van der Waals surface area contributed by atoms with E-state index in [4.69, 9.17) is 37.1 Å². The number of nitrogens with zero attached hydrogens (tertiary/aromatic N) is 2. The van der Waals surface area contributed by atoms with Gasteiger partial charge in [-0.25, -0.2) is 4.79 Å². The van der Waals surface area contributed by atoms with Crippen LogP contribution in [0.3, 0.4) is 0 Å². The number of carbonyl (C=O) groups excluding carboxylic acids is 2. The Bertz CT molecular complexity index is 1260. The number of ether oxygens (including phenoxy) is 2. The highest BCUT2D eigenvalue weighted by atomic mass is 35.5. The number of furan rings is 1. The Morgan fingerprint density at radius 3 is 2.44 bits per heavy atom. The molecule has 0 spiro atoms. The number of urea groups is 1. The lowest BCUT2D eigenvalue weighted by atomic mass is 10.1. The molecule has 1 aliphatic heterocycles. The summed E-state index contributed by atoms with van der Waals surface area (Å²) in [6, 6.07) is 13.4. The molecule has 2 heterocycles. The molecule has 0 saturated carbocycles. The van der Waals surface area contributed by atoms with Crippen LogP contribution in [0, 0.1) is 6.92 Å². The van der Waals surface area contributed by atoms with Gasteiger partial charge in [0, 0.05) is 18.3 Å². The molecule has 1 aliphatic rings. The lowest BCUT2D eigenvalue weighted by molar-refractivity contribution is -0.133. The van der Waals surface area contributed by atoms with Crippen LogP contribution in [0.4, 0.5) is 10.5 Å². The fraction of sp³-hybridized carbons (Fsp3) is 0.308. The summed E-state index contributed by atoms with van der Waals surface area (Å²) in [5, 5.41) is 3.50. The second kappa shape index (κ2) is 11.1. The second-order valence-electron chi connectivity index (χ2n) is 8.73. The van der Waals surface area contributed by atoms with Crippen molar-refractivity contribution < 1.29 is 23.5 Å². The first kappa shape index (κ1) is 25.7. The third-order valence-corrected chi connectivity index (χ3v) is 6.41. The van der Waals surface area contributed by atoms with Gasteiger partial charge < -0.3 is 29.0 Å². The number of halogens is 2. The number of hydrogen-bond acceptors (Lipinski definition) is 5. The number of benzene rings is 2. The van der Waals surface area contributed by atoms with Gasteiger partial charge in [0.25, 0.3) is 0 Å². The molecule has 8 nitrogen and oxygen atoms in total. The molecule has 190 valence electrons. The van der Waals surface area contributed by atoms with E-state index in [1.54, 1.807) is 23.1 Å². The second-order valence-corrected chi connectivity index (χ2v) is 9.54. The van der Waals surface area contributed by atoms with Crippen molar-refractivity contribution in [3.63, 3.8) is 0 Å². The number of anilines is 1. The Kier molecular flexibility index (Phi) is 7.96. The Morgan fingerprint density at radius 1 is 0.972 bits per heavy atom. The van der Waals surface area contributed by atoms with Gasteiger partial charge in [0.2, 0.25) is 12.7 Å². The molecule has 1 aromatic heterocycles. The molecule has 10 heteroatoms. The normalized spacial score (nSPS) is 12.1. The van der Waals surface area contributed by atoms with Gasteiger partial charge >= 0.3 is 6.03 Å². The van der Waals surface area contributed by atoms with Crippen molar-refractivity contribution in [2.75, 3.05) is 18.7 Å². The number of hydrogen-bond donors (Lipinski definition) is 1. The SMILES string of the molecule is Cc1ccc(CN(Cc2ccc3c(c2)OCO3)C(=O)CN(C(=O)Nc2ccc(Cl)c(Cl)c2)C(C)C)o1. The largest absolute Gasteiger partial charge is 0.464 e. The summed E-state index contributed by atoms with van der Waals surface area (Å²) in [6.45, 7) is 6.14. The molecule has 0 aliphatic carbocycles. The third-order valence-electron chi connectivity index (χ3n) is 5.67. The van der Waals surface area contributed by atoms with Crippen LogP contribution in [0.15, 0.2) is 52.9 Å². The number of nitrogens with one attached hydrogen (secondary N) is 1. The first-order chi connectivity index (χ1) is 17.2. The summed E-state index contributed by atoms with van der Waals surface area (Å²) in [5.41, 5.74) is 1.35. The molecular formula is C26H27Cl2N3O5. The highest BCUT2D eigenvalue weighted by Gasteiger charge is 2.25. The Hall–Kier alpha value is -3.36. The van der Waals surface area contributed by atoms with Crippen LogP contribution in [0.2, 0.25) is 10.0 Å². The van der Waals surface area contributed by atoms with E-state index in [1.165, 1.54) is 4.90 Å². The molecule has 3 amide bonds. The van der Waals surface area contributed by atoms with Gasteiger partial charge in [0.15, 0.2) is 11.5 Å². The van der Waals surface area contributed by atoms with Crippen molar-refractivity contribution in [2.24, 2.45) is 0 Å². The van der Waals surface area contributed by atoms with Gasteiger partial charge in [0.1, 0.15) is 18.1 Å². The zero-order chi connectivity index (χ0) is 25.8. The summed E-state index contributed by atoms with van der Waals surface area (Å²) in [5.74, 6) is 2.48. The number of fused-ring (bicyclic) bond motifs is 1. The standard InChI is InChI=1S/C26H27Cl2N3O5/c1-16(2)31(26(33)29-19-6-8-21(27)22(28)11-19)14-25(32)30(13-20-7-4-17(3)36-20)12-18-5-9-23-24(10-18)35-15-34-23/h4-11,16H,12-15H2,1-3H3,(H,29,33). The molecule has 2 aromatic carbocycles. The van der Waals surface area contributed by atoms with E-state index in [0.29, 0.717) is 39.5 Å². The molecular weight excluding hydrogens is 505 g/mol. The van der Waals surface area contributed by atoms with Crippen molar-refractivity contribution >= 4 is 40.8 Å². The third kappa shape index (κ3) is 6.25. The zero-order valence-corrected chi connectivity index (χ0v) is 21.7. The van der Waals surface area contributed by atoms with Crippen molar-refractivity contribution in [3.05, 3.63) is 75.7 Å². The Morgan fingerprint density at radius 2 is 1.75 bits per heavy atom. The van der Waals surface area contributed by atoms with E-state index in [9.17, 15) is 9.59 Å². The van der Waals surface area contributed by atoms with Crippen molar-refractivity contribution in [1.29, 1.82) is 0 Å². The molecule has 0 saturated heterocycles. The summed E-state index contributed by atoms with van der Waals surface area (Å²) in [7, 11) is 0. The molecule has 4 rings (SSSR count). The summed E-state index contributed by atoms with van der Waals surface area (Å²) >= 11 is 12.0. The molecule has 0 radical (unpaired) electrons. The summed E-state index contributed by atoms with van der Waals surface area (Å²) < 4.78 is 16.6. The minimum absolute atomic E-state index is 0.130. The van der Waals surface area contributed by atoms with Crippen LogP contribution in [0.25, 0.3) is 0 Å². The van der Waals surface area contributed by atoms with Crippen molar-refractivity contribution in [2.45, 2.75) is 39.9 Å². The molecule has 0 unspecified atom stereocenters. The van der Waals surface area contributed by atoms with E-state index in [-0.39, 0.29) is 31.8 Å². The maximum Gasteiger partial charge on any atom is 0.322 e. The average Bonchev–Trinajstić information content (AvgIpc) is 3.47. The van der Waals surface area contributed by atoms with E-state index >= 15 is 0 Å². The molecule has 0 atom stereocenters. The van der Waals surface area contributed by atoms with Gasteiger partial charge in [-0.2, -0.15) is 0 Å². The monoisotopic (exact) mass is 531 g/mol. The topological polar surface area (TPSA) is 84.2 Å². The van der Waals surface area contributed by atoms with Gasteiger partial charge in [-0.1, -0.05) is 29.3 Å². The number of carbonyl (C=O) groups is 2. The summed E-state index contributed by atoms with van der Waals surface area (Å²) in [4.78, 5) is 29.7. The first-order valence-corrected chi connectivity index (χ1v) is 12.2. The Labute approximate surface area is 219 Å². The minimum Gasteiger partial charge on any atom is -0.464 e. The van der Waals surface area contributed by atoms with E-state index in [0.717, 1.165) is 11.3 Å². The number of amides is 3. The Balaban J connectivity index is 1.51. The predicted molar refractivity (Wildman–Crippen MR) is 138 cm³/mol. The van der Waals surface area contributed by atoms with Gasteiger partial charge in [-0.3, -0.25) is 4.79 Å². The van der Waals surface area contributed by atoms with Crippen LogP contribution in [0.5, 0.6) is 11.5 Å². The van der Waals surface area contributed by atoms with Crippen molar-refractivity contribution in [3.8, 4) is 11.5 Å². The smallest absolute Gasteiger partial charge is 0.322 e. The highest BCUT2D eigenvalue weighted by molar-refractivity contribution is 6.42. The fourth-order valence-corrected chi connectivity index (χ4v) is 4.05. The van der Waals surface area contributed by atoms with Crippen LogP contribution >= 0.6 is 23.2 Å². The van der Waals surface area contributed by atoms with Crippen LogP contribution in [0.1, 0.15) is 30.9 Å². The molecule has 0 fully saturated rings. The average molecular weight is 532 g/mol.